The summed E-state index contributed by atoms with van der Waals surface area (Å²) in [5.41, 5.74) is 0. The first-order valence-corrected chi connectivity index (χ1v) is 8.53. The van der Waals surface area contributed by atoms with Crippen LogP contribution in [-0.4, -0.2) is 33.1 Å². The van der Waals surface area contributed by atoms with E-state index in [0.717, 1.165) is 39.0 Å². The van der Waals surface area contributed by atoms with E-state index in [2.05, 4.69) is 4.74 Å². The fourth-order valence-electron chi connectivity index (χ4n) is 1.64. The van der Waals surface area contributed by atoms with Gasteiger partial charge in [-0.1, -0.05) is 32.1 Å². The summed E-state index contributed by atoms with van der Waals surface area (Å²) in [6.45, 7) is 1.12. The molecular formula is C12H24F3NO3S. The Morgan fingerprint density at radius 1 is 1.00 bits per heavy atom. The van der Waals surface area contributed by atoms with Gasteiger partial charge in [0, 0.05) is 6.61 Å². The van der Waals surface area contributed by atoms with E-state index < -0.39 is 22.3 Å². The van der Waals surface area contributed by atoms with E-state index in [0.29, 0.717) is 12.8 Å². The van der Waals surface area contributed by atoms with Crippen LogP contribution in [0.3, 0.4) is 0 Å². The number of halogens is 3. The van der Waals surface area contributed by atoms with Gasteiger partial charge < -0.3 is 4.74 Å². The molecule has 0 aliphatic heterocycles. The highest BCUT2D eigenvalue weighted by Gasteiger charge is 2.36. The van der Waals surface area contributed by atoms with Crippen LogP contribution in [0.15, 0.2) is 0 Å². The Morgan fingerprint density at radius 3 is 1.90 bits per heavy atom. The molecule has 0 spiro atoms. The molecule has 0 saturated carbocycles. The Balaban J connectivity index is 3.30. The molecule has 0 amide bonds. The molecule has 20 heavy (non-hydrogen) atoms. The summed E-state index contributed by atoms with van der Waals surface area (Å²) in [5.74, 6) is 0.0101. The van der Waals surface area contributed by atoms with Gasteiger partial charge in [0.05, 0.1) is 5.75 Å². The molecule has 2 N–H and O–H groups in total. The molecule has 0 saturated heterocycles. The van der Waals surface area contributed by atoms with Crippen LogP contribution in [0.25, 0.3) is 0 Å². The quantitative estimate of drug-likeness (QED) is 0.595. The minimum Gasteiger partial charge on any atom is -0.369 e. The zero-order valence-corrected chi connectivity index (χ0v) is 12.6. The Hall–Kier alpha value is -0.340. The third kappa shape index (κ3) is 12.7. The van der Waals surface area contributed by atoms with E-state index in [9.17, 15) is 21.6 Å². The van der Waals surface area contributed by atoms with E-state index >= 15 is 0 Å². The molecule has 8 heteroatoms. The zero-order valence-electron chi connectivity index (χ0n) is 11.8. The van der Waals surface area contributed by atoms with Crippen LogP contribution in [0.2, 0.25) is 0 Å². The second-order valence-corrected chi connectivity index (χ2v) is 6.63. The van der Waals surface area contributed by atoms with Crippen LogP contribution < -0.4 is 5.14 Å². The lowest BCUT2D eigenvalue weighted by Gasteiger charge is -2.16. The van der Waals surface area contributed by atoms with Crippen molar-refractivity contribution in [2.75, 3.05) is 12.4 Å². The number of rotatable bonds is 11. The fourth-order valence-corrected chi connectivity index (χ4v) is 2.25. The van der Waals surface area contributed by atoms with Crippen molar-refractivity contribution in [1.29, 1.82) is 0 Å². The topological polar surface area (TPSA) is 69.4 Å². The normalized spacial score (nSPS) is 14.4. The van der Waals surface area contributed by atoms with Gasteiger partial charge in [0.15, 0.2) is 6.10 Å². The number of sulfonamides is 1. The van der Waals surface area contributed by atoms with Gasteiger partial charge in [-0.2, -0.15) is 13.2 Å². The summed E-state index contributed by atoms with van der Waals surface area (Å²) in [5, 5.41) is 4.86. The van der Waals surface area contributed by atoms with Crippen LogP contribution in [0.4, 0.5) is 13.2 Å². The number of unbranched alkanes of at least 4 members (excludes halogenated alkanes) is 6. The molecule has 1 unspecified atom stereocenters. The van der Waals surface area contributed by atoms with Gasteiger partial charge in [0.2, 0.25) is 10.0 Å². The summed E-state index contributed by atoms with van der Waals surface area (Å²) in [4.78, 5) is 0. The average molecular weight is 319 g/mol. The van der Waals surface area contributed by atoms with Gasteiger partial charge in [-0.05, 0) is 19.8 Å². The summed E-state index contributed by atoms with van der Waals surface area (Å²) >= 11 is 0. The lowest BCUT2D eigenvalue weighted by Crippen LogP contribution is -2.28. The van der Waals surface area contributed by atoms with E-state index in [1.165, 1.54) is 0 Å². The monoisotopic (exact) mass is 319 g/mol. The van der Waals surface area contributed by atoms with E-state index in [-0.39, 0.29) is 12.4 Å². The van der Waals surface area contributed by atoms with Gasteiger partial charge in [-0.3, -0.25) is 0 Å². The molecule has 0 aromatic heterocycles. The second-order valence-electron chi connectivity index (χ2n) is 4.90. The SMILES string of the molecule is CC(OCCCCCCCCCS(N)(=O)=O)C(F)(F)F. The standard InChI is InChI=1S/C12H24F3NO3S/c1-11(12(13,14)15)19-9-7-5-3-2-4-6-8-10-20(16,17)18/h11H,2-10H2,1H3,(H2,16,17,18). The van der Waals surface area contributed by atoms with Gasteiger partial charge >= 0.3 is 6.18 Å². The van der Waals surface area contributed by atoms with Gasteiger partial charge in [-0.15, -0.1) is 0 Å². The number of alkyl halides is 3. The zero-order chi connectivity index (χ0) is 15.6. The summed E-state index contributed by atoms with van der Waals surface area (Å²) in [7, 11) is -3.36. The predicted octanol–water partition coefficient (Wildman–Crippen LogP) is 2.97. The number of primary sulfonamides is 1. The molecule has 0 fully saturated rings. The molecule has 122 valence electrons. The molecule has 0 aromatic carbocycles. The molecule has 0 aromatic rings. The van der Waals surface area contributed by atoms with Gasteiger partial charge in [0.25, 0.3) is 0 Å². The minimum absolute atomic E-state index is 0.0101. The van der Waals surface area contributed by atoms with Crippen LogP contribution in [-0.2, 0) is 14.8 Å². The number of nitrogens with two attached hydrogens (primary N) is 1. The third-order valence-corrected chi connectivity index (χ3v) is 3.76. The highest BCUT2D eigenvalue weighted by atomic mass is 32.2. The van der Waals surface area contributed by atoms with E-state index in [1.54, 1.807) is 0 Å². The number of hydrogen-bond acceptors (Lipinski definition) is 3. The summed E-state index contributed by atoms with van der Waals surface area (Å²) in [6.07, 6.45) is -0.432. The van der Waals surface area contributed by atoms with Gasteiger partial charge in [-0.25, -0.2) is 13.6 Å². The number of ether oxygens (including phenoxy) is 1. The Morgan fingerprint density at radius 2 is 1.45 bits per heavy atom. The van der Waals surface area contributed by atoms with E-state index in [4.69, 9.17) is 5.14 Å². The first-order valence-electron chi connectivity index (χ1n) is 6.82. The largest absolute Gasteiger partial charge is 0.414 e. The van der Waals surface area contributed by atoms with Crippen molar-refractivity contribution in [2.24, 2.45) is 5.14 Å². The third-order valence-electron chi connectivity index (χ3n) is 2.90. The van der Waals surface area contributed by atoms with Crippen LogP contribution in [0.1, 0.15) is 51.9 Å². The molecule has 0 radical (unpaired) electrons. The molecule has 0 bridgehead atoms. The molecule has 4 nitrogen and oxygen atoms in total. The maximum absolute atomic E-state index is 12.1. The highest BCUT2D eigenvalue weighted by Crippen LogP contribution is 2.22. The Bertz CT molecular complexity index is 344. The van der Waals surface area contributed by atoms with Crippen LogP contribution in [0.5, 0.6) is 0 Å². The van der Waals surface area contributed by atoms with E-state index in [1.807, 2.05) is 0 Å². The predicted molar refractivity (Wildman–Crippen MR) is 71.8 cm³/mol. The minimum atomic E-state index is -4.29. The fraction of sp³-hybridized carbons (Fsp3) is 1.00. The lowest BCUT2D eigenvalue weighted by molar-refractivity contribution is -0.214. The van der Waals surface area contributed by atoms with Crippen LogP contribution in [0, 0.1) is 0 Å². The van der Waals surface area contributed by atoms with Crippen molar-refractivity contribution in [3.63, 3.8) is 0 Å². The maximum atomic E-state index is 12.1. The van der Waals surface area contributed by atoms with Crippen molar-refractivity contribution >= 4 is 10.0 Å². The first kappa shape index (κ1) is 19.7. The second kappa shape index (κ2) is 9.57. The lowest BCUT2D eigenvalue weighted by atomic mass is 10.1. The van der Waals surface area contributed by atoms with Gasteiger partial charge in [0.1, 0.15) is 0 Å². The van der Waals surface area contributed by atoms with Crippen molar-refractivity contribution in [3.8, 4) is 0 Å². The molecule has 1 atom stereocenters. The first-order chi connectivity index (χ1) is 9.13. The molecule has 0 heterocycles. The Labute approximate surface area is 118 Å². The molecule has 0 aliphatic rings. The molecule has 0 rings (SSSR count). The van der Waals surface area contributed by atoms with Crippen LogP contribution >= 0.6 is 0 Å². The maximum Gasteiger partial charge on any atom is 0.414 e. The smallest absolute Gasteiger partial charge is 0.369 e. The van der Waals surface area contributed by atoms with Crippen molar-refractivity contribution in [1.82, 2.24) is 0 Å². The Kier molecular flexibility index (Phi) is 9.41. The molecular weight excluding hydrogens is 295 g/mol. The summed E-state index contributed by atoms with van der Waals surface area (Å²) in [6, 6.07) is 0. The summed E-state index contributed by atoms with van der Waals surface area (Å²) < 4.78 is 62.3. The molecule has 0 aliphatic carbocycles. The van der Waals surface area contributed by atoms with Crippen molar-refractivity contribution < 1.29 is 26.3 Å². The number of hydrogen-bond donors (Lipinski definition) is 1. The van der Waals surface area contributed by atoms with Crippen molar-refractivity contribution in [3.05, 3.63) is 0 Å². The van der Waals surface area contributed by atoms with Crippen molar-refractivity contribution in [2.45, 2.75) is 64.1 Å². The average Bonchev–Trinajstić information content (AvgIpc) is 2.28. The highest BCUT2D eigenvalue weighted by molar-refractivity contribution is 7.89.